The Balaban J connectivity index is -0.00000128. The van der Waals surface area contributed by atoms with Gasteiger partial charge in [0.25, 0.3) is 6.10 Å². The van der Waals surface area contributed by atoms with Crippen LogP contribution in [-0.2, 0) is 41.0 Å². The van der Waals surface area contributed by atoms with Gasteiger partial charge in [0.05, 0.1) is 5.97 Å². The van der Waals surface area contributed by atoms with Crippen molar-refractivity contribution in [1.82, 2.24) is 0 Å². The fraction of sp³-hybridized carbons (Fsp3) is 0.500. The second kappa shape index (κ2) is 11.2. The minimum atomic E-state index is -2.32. The molecule has 19 heavy (non-hydrogen) atoms. The molecule has 0 aliphatic carbocycles. The summed E-state index contributed by atoms with van der Waals surface area (Å²) in [5.74, 6) is -6.42. The van der Waals surface area contributed by atoms with E-state index in [4.69, 9.17) is 15.9 Å². The summed E-state index contributed by atoms with van der Waals surface area (Å²) < 4.78 is 4.10. The minimum absolute atomic E-state index is 0. The maximum absolute atomic E-state index is 11.0. The van der Waals surface area contributed by atoms with Gasteiger partial charge >= 0.3 is 47.5 Å². The van der Waals surface area contributed by atoms with Gasteiger partial charge in [-0.05, 0) is 6.42 Å². The molecule has 1 atom stereocenters. The zero-order chi connectivity index (χ0) is 13.6. The predicted octanol–water partition coefficient (Wildman–Crippen LogP) is -6.07. The van der Waals surface area contributed by atoms with Crippen molar-refractivity contribution in [2.24, 2.45) is 5.73 Å². The van der Waals surface area contributed by atoms with E-state index < -0.39 is 42.4 Å². The first kappa shape index (κ1) is 23.5. The summed E-state index contributed by atoms with van der Waals surface area (Å²) in [7, 11) is 0. The molecule has 0 radical (unpaired) electrons. The van der Waals surface area contributed by atoms with Gasteiger partial charge in [0.15, 0.2) is 0 Å². The average Bonchev–Trinajstić information content (AvgIpc) is 2.21. The van der Waals surface area contributed by atoms with Crippen molar-refractivity contribution >= 4 is 23.9 Å². The van der Waals surface area contributed by atoms with Gasteiger partial charge < -0.3 is 30.6 Å². The first-order valence-corrected chi connectivity index (χ1v) is 4.37. The average molecular weight is 327 g/mol. The molecule has 0 aromatic carbocycles. The monoisotopic (exact) mass is 327 g/mol. The van der Waals surface area contributed by atoms with Crippen molar-refractivity contribution in [2.45, 2.75) is 25.0 Å². The molecular weight excluding hydrogens is 317 g/mol. The number of rotatable bonds is 7. The molecule has 0 aromatic rings. The number of hydrogen-bond acceptors (Lipinski definition) is 7. The summed E-state index contributed by atoms with van der Waals surface area (Å²) in [6.07, 6.45) is -3.18. The maximum Gasteiger partial charge on any atom is 1.00 e. The van der Waals surface area contributed by atoms with E-state index in [0.717, 1.165) is 0 Å². The van der Waals surface area contributed by atoms with Crippen LogP contribution in [0.2, 0.25) is 0 Å². The van der Waals surface area contributed by atoms with Crippen LogP contribution in [0.15, 0.2) is 0 Å². The van der Waals surface area contributed by atoms with E-state index in [2.05, 4.69) is 4.74 Å². The fourth-order valence-corrected chi connectivity index (χ4v) is 0.788. The van der Waals surface area contributed by atoms with E-state index >= 15 is 0 Å². The third kappa shape index (κ3) is 9.88. The van der Waals surface area contributed by atoms with E-state index in [0.29, 0.717) is 0 Å². The van der Waals surface area contributed by atoms with Crippen LogP contribution in [-0.4, -0.2) is 46.2 Å². The number of carboxylic acid groups (broad SMARTS) is 3. The van der Waals surface area contributed by atoms with Crippen LogP contribution in [0, 0.1) is 0 Å². The molecule has 0 saturated carbocycles. The van der Waals surface area contributed by atoms with Gasteiger partial charge in [-0.2, -0.15) is 0 Å². The van der Waals surface area contributed by atoms with E-state index in [1.54, 1.807) is 0 Å². The number of carbonyl (C=O) groups excluding carboxylic acids is 2. The quantitative estimate of drug-likeness (QED) is 0.234. The van der Waals surface area contributed by atoms with Crippen LogP contribution in [0.5, 0.6) is 0 Å². The largest absolute Gasteiger partial charge is 1.00 e. The number of nitrogens with two attached hydrogens (primary N) is 1. The molecule has 0 amide bonds. The van der Waals surface area contributed by atoms with Crippen molar-refractivity contribution in [2.75, 3.05) is 0 Å². The van der Waals surface area contributed by atoms with Gasteiger partial charge in [-0.1, -0.05) is 0 Å². The van der Waals surface area contributed by atoms with E-state index in [9.17, 15) is 24.3 Å². The molecular formula is C8H10FeNNaO8. The molecule has 0 aliphatic rings. The van der Waals surface area contributed by atoms with E-state index in [1.165, 1.54) is 0 Å². The first-order valence-electron chi connectivity index (χ1n) is 4.37. The Morgan fingerprint density at radius 2 is 1.58 bits per heavy atom. The Labute approximate surface area is 140 Å². The third-order valence-corrected chi connectivity index (χ3v) is 1.66. The Bertz CT molecular complexity index is 336. The molecule has 0 unspecified atom stereocenters. The van der Waals surface area contributed by atoms with Crippen LogP contribution in [0.1, 0.15) is 12.8 Å². The van der Waals surface area contributed by atoms with Crippen molar-refractivity contribution < 1.29 is 85.9 Å². The SMILES string of the molecule is N[C@@H](CCC(=O)OC(C(=O)O)C(=O)O)C(=O)[O-].[Fe].[Na+]. The number of carboxylic acids is 3. The second-order valence-electron chi connectivity index (χ2n) is 3.01. The minimum Gasteiger partial charge on any atom is -0.548 e. The Morgan fingerprint density at radius 3 is 1.89 bits per heavy atom. The molecule has 0 rings (SSSR count). The van der Waals surface area contributed by atoms with Crippen molar-refractivity contribution in [1.29, 1.82) is 0 Å². The van der Waals surface area contributed by atoms with Crippen LogP contribution < -0.4 is 40.4 Å². The molecule has 0 saturated heterocycles. The summed E-state index contributed by atoms with van der Waals surface area (Å²) in [4.78, 5) is 41.8. The molecule has 0 fully saturated rings. The van der Waals surface area contributed by atoms with E-state index in [-0.39, 0.29) is 53.0 Å². The standard InChI is InChI=1S/C8H11NO8.Fe.Na/c9-3(6(11)12)1-2-4(10)17-5(7(13)14)8(15)16;;/h3,5H,1-2,9H2,(H,11,12)(H,13,14)(H,15,16);;/q;;+1/p-1/t3-;;/m0../s1. The van der Waals surface area contributed by atoms with Crippen LogP contribution >= 0.6 is 0 Å². The first-order chi connectivity index (χ1) is 7.75. The summed E-state index contributed by atoms with van der Waals surface area (Å²) >= 11 is 0. The van der Waals surface area contributed by atoms with Crippen LogP contribution in [0.25, 0.3) is 0 Å². The Kier molecular flexibility index (Phi) is 13.8. The number of carbonyl (C=O) groups is 4. The van der Waals surface area contributed by atoms with Gasteiger partial charge in [0.1, 0.15) is 0 Å². The molecule has 0 aliphatic heterocycles. The van der Waals surface area contributed by atoms with Gasteiger partial charge in [0.2, 0.25) is 0 Å². The van der Waals surface area contributed by atoms with Crippen LogP contribution in [0.3, 0.4) is 0 Å². The predicted molar refractivity (Wildman–Crippen MR) is 47.4 cm³/mol. The van der Waals surface area contributed by atoms with Gasteiger partial charge in [0, 0.05) is 29.5 Å². The zero-order valence-corrected chi connectivity index (χ0v) is 12.9. The molecule has 4 N–H and O–H groups in total. The number of aliphatic carboxylic acids is 3. The second-order valence-corrected chi connectivity index (χ2v) is 3.01. The molecule has 11 heteroatoms. The zero-order valence-electron chi connectivity index (χ0n) is 9.84. The van der Waals surface area contributed by atoms with Gasteiger partial charge in [-0.3, -0.25) is 4.79 Å². The summed E-state index contributed by atoms with van der Waals surface area (Å²) in [5.41, 5.74) is 5.01. The Morgan fingerprint density at radius 1 is 1.16 bits per heavy atom. The third-order valence-electron chi connectivity index (χ3n) is 1.66. The topological polar surface area (TPSA) is 167 Å². The summed E-state index contributed by atoms with van der Waals surface area (Å²) in [5, 5.41) is 26.9. The molecule has 9 nitrogen and oxygen atoms in total. The molecule has 0 spiro atoms. The molecule has 104 valence electrons. The van der Waals surface area contributed by atoms with E-state index in [1.807, 2.05) is 0 Å². The molecule has 0 heterocycles. The molecule has 0 bridgehead atoms. The normalized spacial score (nSPS) is 10.6. The number of esters is 1. The van der Waals surface area contributed by atoms with Crippen LogP contribution in [0.4, 0.5) is 0 Å². The molecule has 0 aromatic heterocycles. The number of hydrogen-bond donors (Lipinski definition) is 3. The maximum atomic E-state index is 11.0. The van der Waals surface area contributed by atoms with Crippen molar-refractivity contribution in [3.8, 4) is 0 Å². The summed E-state index contributed by atoms with van der Waals surface area (Å²) in [6, 6.07) is -1.41. The van der Waals surface area contributed by atoms with Gasteiger partial charge in [-0.15, -0.1) is 0 Å². The fourth-order valence-electron chi connectivity index (χ4n) is 0.788. The van der Waals surface area contributed by atoms with Gasteiger partial charge in [-0.25, -0.2) is 9.59 Å². The van der Waals surface area contributed by atoms with Crippen molar-refractivity contribution in [3.05, 3.63) is 0 Å². The number of ether oxygens (including phenoxy) is 1. The Hall–Kier alpha value is -0.641. The smallest absolute Gasteiger partial charge is 0.548 e. The summed E-state index contributed by atoms with van der Waals surface area (Å²) in [6.45, 7) is 0. The van der Waals surface area contributed by atoms with Crippen molar-refractivity contribution in [3.63, 3.8) is 0 Å².